The van der Waals surface area contributed by atoms with Gasteiger partial charge in [-0.05, 0) is 25.1 Å². The number of esters is 1. The lowest BCUT2D eigenvalue weighted by molar-refractivity contribution is 0.0468. The maximum atomic E-state index is 12.0. The molecule has 2 aromatic rings. The van der Waals surface area contributed by atoms with Crippen LogP contribution < -0.4 is 10.5 Å². The zero-order chi connectivity index (χ0) is 14.5. The van der Waals surface area contributed by atoms with Gasteiger partial charge in [0.25, 0.3) is 0 Å². The molecule has 2 rings (SSSR count). The number of rotatable bonds is 4. The molecule has 0 saturated heterocycles. The van der Waals surface area contributed by atoms with Crippen LogP contribution in [0.15, 0.2) is 30.6 Å². The normalized spacial score (nSPS) is 10.1. The summed E-state index contributed by atoms with van der Waals surface area (Å²) in [5.74, 6) is -0.0454. The first kappa shape index (κ1) is 13.8. The van der Waals surface area contributed by atoms with Gasteiger partial charge >= 0.3 is 5.97 Å². The van der Waals surface area contributed by atoms with Gasteiger partial charge in [-0.25, -0.2) is 9.78 Å². The van der Waals surface area contributed by atoms with Crippen LogP contribution in [-0.4, -0.2) is 23.0 Å². The van der Waals surface area contributed by atoms with Crippen LogP contribution in [0.25, 0.3) is 0 Å². The molecule has 0 radical (unpaired) electrons. The number of hydrogen-bond acceptors (Lipinski definition) is 6. The average Bonchev–Trinajstić information content (AvgIpc) is 2.47. The highest BCUT2D eigenvalue weighted by Gasteiger charge is 2.13. The van der Waals surface area contributed by atoms with E-state index < -0.39 is 5.97 Å². The molecule has 0 aliphatic carbocycles. The molecule has 0 aliphatic heterocycles. The van der Waals surface area contributed by atoms with Crippen molar-refractivity contribution < 1.29 is 14.3 Å². The Hall–Kier alpha value is -2.63. The minimum absolute atomic E-state index is 0.0735. The number of carbonyl (C=O) groups excluding carboxylic acids is 1. The highest BCUT2D eigenvalue weighted by Crippen LogP contribution is 2.17. The summed E-state index contributed by atoms with van der Waals surface area (Å²) in [6.07, 6.45) is 3.10. The Morgan fingerprint density at radius 3 is 2.95 bits per heavy atom. The lowest BCUT2D eigenvalue weighted by Gasteiger charge is -2.09. The Morgan fingerprint density at radius 2 is 2.20 bits per heavy atom. The quantitative estimate of drug-likeness (QED) is 0.854. The predicted molar refractivity (Wildman–Crippen MR) is 73.3 cm³/mol. The molecule has 6 nitrogen and oxygen atoms in total. The Labute approximate surface area is 116 Å². The summed E-state index contributed by atoms with van der Waals surface area (Å²) in [7, 11) is 1.51. The molecule has 0 amide bonds. The fourth-order valence-corrected chi connectivity index (χ4v) is 1.69. The number of nitrogen functional groups attached to an aromatic ring is 1. The molecule has 2 heterocycles. The highest BCUT2D eigenvalue weighted by molar-refractivity contribution is 5.91. The smallest absolute Gasteiger partial charge is 0.340 e. The second-order valence-electron chi connectivity index (χ2n) is 4.15. The van der Waals surface area contributed by atoms with Crippen LogP contribution in [0.5, 0.6) is 5.88 Å². The van der Waals surface area contributed by atoms with Crippen LogP contribution >= 0.6 is 0 Å². The van der Waals surface area contributed by atoms with E-state index in [1.807, 2.05) is 0 Å². The van der Waals surface area contributed by atoms with Gasteiger partial charge in [0.15, 0.2) is 0 Å². The molecular weight excluding hydrogens is 258 g/mol. The summed E-state index contributed by atoms with van der Waals surface area (Å²) in [5.41, 5.74) is 7.65. The first-order valence-electron chi connectivity index (χ1n) is 5.99. The second kappa shape index (κ2) is 6.01. The lowest BCUT2D eigenvalue weighted by Crippen LogP contribution is -2.09. The Morgan fingerprint density at radius 1 is 1.40 bits per heavy atom. The van der Waals surface area contributed by atoms with Crippen molar-refractivity contribution in [2.45, 2.75) is 13.5 Å². The van der Waals surface area contributed by atoms with E-state index in [0.29, 0.717) is 28.4 Å². The van der Waals surface area contributed by atoms with Gasteiger partial charge in [0, 0.05) is 6.20 Å². The summed E-state index contributed by atoms with van der Waals surface area (Å²) in [5, 5.41) is 0. The number of carbonyl (C=O) groups is 1. The van der Waals surface area contributed by atoms with E-state index >= 15 is 0 Å². The first-order chi connectivity index (χ1) is 9.61. The largest absolute Gasteiger partial charge is 0.481 e. The molecule has 0 unspecified atom stereocenters. The number of pyridine rings is 2. The maximum Gasteiger partial charge on any atom is 0.340 e. The summed E-state index contributed by atoms with van der Waals surface area (Å²) in [4.78, 5) is 20.1. The van der Waals surface area contributed by atoms with E-state index in [1.165, 1.54) is 13.3 Å². The van der Waals surface area contributed by atoms with Crippen molar-refractivity contribution in [1.82, 2.24) is 9.97 Å². The first-order valence-corrected chi connectivity index (χ1v) is 5.99. The molecule has 2 N–H and O–H groups in total. The SMILES string of the molecule is COc1ncccc1COC(=O)c1cc(N)cnc1C. The molecule has 0 fully saturated rings. The molecule has 0 aliphatic rings. The Bertz CT molecular complexity index is 629. The van der Waals surface area contributed by atoms with E-state index in [2.05, 4.69) is 9.97 Å². The van der Waals surface area contributed by atoms with E-state index in [4.69, 9.17) is 15.2 Å². The molecule has 20 heavy (non-hydrogen) atoms. The van der Waals surface area contributed by atoms with Crippen LogP contribution in [0.2, 0.25) is 0 Å². The number of nitrogens with zero attached hydrogens (tertiary/aromatic N) is 2. The van der Waals surface area contributed by atoms with Gasteiger partial charge in [0.1, 0.15) is 6.61 Å². The van der Waals surface area contributed by atoms with E-state index in [0.717, 1.165) is 0 Å². The van der Waals surface area contributed by atoms with Gasteiger partial charge in [-0.15, -0.1) is 0 Å². The highest BCUT2D eigenvalue weighted by atomic mass is 16.5. The summed E-state index contributed by atoms with van der Waals surface area (Å²) in [6, 6.07) is 5.08. The number of hydrogen-bond donors (Lipinski definition) is 1. The number of aromatic nitrogens is 2. The van der Waals surface area contributed by atoms with Crippen LogP contribution in [0.3, 0.4) is 0 Å². The van der Waals surface area contributed by atoms with Gasteiger partial charge in [-0.2, -0.15) is 0 Å². The maximum absolute atomic E-state index is 12.0. The van der Waals surface area contributed by atoms with Crippen molar-refractivity contribution in [2.24, 2.45) is 0 Å². The molecule has 6 heteroatoms. The van der Waals surface area contributed by atoms with Crippen LogP contribution in [-0.2, 0) is 11.3 Å². The fourth-order valence-electron chi connectivity index (χ4n) is 1.69. The predicted octanol–water partition coefficient (Wildman–Crippen LogP) is 1.73. The van der Waals surface area contributed by atoms with Crippen LogP contribution in [0.1, 0.15) is 21.6 Å². The van der Waals surface area contributed by atoms with Crippen molar-refractivity contribution in [3.8, 4) is 5.88 Å². The van der Waals surface area contributed by atoms with Crippen molar-refractivity contribution >= 4 is 11.7 Å². The second-order valence-corrected chi connectivity index (χ2v) is 4.15. The molecule has 0 atom stereocenters. The van der Waals surface area contributed by atoms with Crippen LogP contribution in [0, 0.1) is 6.92 Å². The Balaban J connectivity index is 2.11. The zero-order valence-electron chi connectivity index (χ0n) is 11.3. The molecule has 0 spiro atoms. The molecule has 104 valence electrons. The van der Waals surface area contributed by atoms with Gasteiger partial charge in [-0.3, -0.25) is 4.98 Å². The fraction of sp³-hybridized carbons (Fsp3) is 0.214. The Kier molecular flexibility index (Phi) is 4.14. The molecule has 2 aromatic heterocycles. The number of methoxy groups -OCH3 is 1. The molecule has 0 saturated carbocycles. The summed E-state index contributed by atoms with van der Waals surface area (Å²) < 4.78 is 10.3. The molecule has 0 aromatic carbocycles. The lowest BCUT2D eigenvalue weighted by atomic mass is 10.2. The van der Waals surface area contributed by atoms with Crippen molar-refractivity contribution in [2.75, 3.05) is 12.8 Å². The van der Waals surface area contributed by atoms with Crippen molar-refractivity contribution in [1.29, 1.82) is 0 Å². The minimum Gasteiger partial charge on any atom is -0.481 e. The van der Waals surface area contributed by atoms with Crippen molar-refractivity contribution in [3.05, 3.63) is 47.4 Å². The third kappa shape index (κ3) is 3.03. The summed E-state index contributed by atoms with van der Waals surface area (Å²) in [6.45, 7) is 1.80. The minimum atomic E-state index is -0.479. The molecular formula is C14H15N3O3. The third-order valence-electron chi connectivity index (χ3n) is 2.73. The number of aryl methyl sites for hydroxylation is 1. The number of ether oxygens (including phenoxy) is 2. The number of nitrogens with two attached hydrogens (primary N) is 1. The topological polar surface area (TPSA) is 87.3 Å². The standard InChI is InChI=1S/C14H15N3O3/c1-9-12(6-11(15)7-17-9)14(18)20-8-10-4-3-5-16-13(10)19-2/h3-7H,8,15H2,1-2H3. The van der Waals surface area contributed by atoms with Crippen LogP contribution in [0.4, 0.5) is 5.69 Å². The van der Waals surface area contributed by atoms with E-state index in [9.17, 15) is 4.79 Å². The van der Waals surface area contributed by atoms with Crippen molar-refractivity contribution in [3.63, 3.8) is 0 Å². The molecule has 0 bridgehead atoms. The summed E-state index contributed by atoms with van der Waals surface area (Å²) >= 11 is 0. The zero-order valence-corrected chi connectivity index (χ0v) is 11.3. The number of anilines is 1. The monoisotopic (exact) mass is 273 g/mol. The van der Waals surface area contributed by atoms with Gasteiger partial charge in [0.2, 0.25) is 5.88 Å². The van der Waals surface area contributed by atoms with Gasteiger partial charge in [-0.1, -0.05) is 0 Å². The van der Waals surface area contributed by atoms with E-state index in [1.54, 1.807) is 31.3 Å². The van der Waals surface area contributed by atoms with E-state index in [-0.39, 0.29) is 6.61 Å². The third-order valence-corrected chi connectivity index (χ3v) is 2.73. The average molecular weight is 273 g/mol. The van der Waals surface area contributed by atoms with Gasteiger partial charge < -0.3 is 15.2 Å². The van der Waals surface area contributed by atoms with Gasteiger partial charge in [0.05, 0.1) is 35.8 Å².